The molecule has 3 nitrogen and oxygen atoms in total. The molecule has 0 unspecified atom stereocenters. The van der Waals surface area contributed by atoms with Crippen LogP contribution in [0.25, 0.3) is 20.8 Å². The Kier molecular flexibility index (Phi) is 4.63. The molecule has 27 heavy (non-hydrogen) atoms. The molecule has 0 radical (unpaired) electrons. The van der Waals surface area contributed by atoms with Gasteiger partial charge in [-0.25, -0.2) is 4.98 Å². The summed E-state index contributed by atoms with van der Waals surface area (Å²) in [5.41, 5.74) is 3.54. The summed E-state index contributed by atoms with van der Waals surface area (Å²) in [4.78, 5) is 19.8. The number of halogens is 1. The summed E-state index contributed by atoms with van der Waals surface area (Å²) in [6, 6.07) is 12.0. The first kappa shape index (κ1) is 17.6. The van der Waals surface area contributed by atoms with E-state index in [4.69, 9.17) is 4.98 Å². The normalized spacial score (nSPS) is 13.7. The molecule has 0 saturated carbocycles. The van der Waals surface area contributed by atoms with Crippen molar-refractivity contribution in [3.8, 4) is 10.6 Å². The Balaban J connectivity index is 1.60. The summed E-state index contributed by atoms with van der Waals surface area (Å²) in [6.45, 7) is 0. The van der Waals surface area contributed by atoms with Crippen molar-refractivity contribution in [1.82, 2.24) is 4.98 Å². The smallest absolute Gasteiger partial charge is 0.266 e. The van der Waals surface area contributed by atoms with Gasteiger partial charge < -0.3 is 5.32 Å². The van der Waals surface area contributed by atoms with Gasteiger partial charge in [0.1, 0.15) is 10.0 Å². The fourth-order valence-corrected chi connectivity index (χ4v) is 7.14. The predicted octanol–water partition coefficient (Wildman–Crippen LogP) is 6.98. The molecule has 1 aliphatic rings. The van der Waals surface area contributed by atoms with Crippen molar-refractivity contribution in [2.24, 2.45) is 0 Å². The molecule has 0 spiro atoms. The highest BCUT2D eigenvalue weighted by atomic mass is 79.9. The lowest BCUT2D eigenvalue weighted by Gasteiger charge is -2.11. The quantitative estimate of drug-likeness (QED) is 0.347. The largest absolute Gasteiger partial charge is 0.312 e. The van der Waals surface area contributed by atoms with Crippen LogP contribution in [0.4, 0.5) is 5.00 Å². The topological polar surface area (TPSA) is 42.0 Å². The number of anilines is 1. The third-order valence-electron chi connectivity index (χ3n) is 4.70. The molecule has 0 bridgehead atoms. The van der Waals surface area contributed by atoms with Gasteiger partial charge in [-0.1, -0.05) is 12.1 Å². The number of rotatable bonds is 3. The van der Waals surface area contributed by atoms with Crippen molar-refractivity contribution in [1.29, 1.82) is 0 Å². The first-order valence-electron chi connectivity index (χ1n) is 8.76. The van der Waals surface area contributed by atoms with E-state index in [1.54, 1.807) is 22.7 Å². The number of hydrogen-bond acceptors (Lipinski definition) is 5. The molecule has 5 rings (SSSR count). The molecule has 4 aromatic rings. The number of thiazole rings is 1. The molecular formula is C20H15BrN2OS3. The zero-order valence-electron chi connectivity index (χ0n) is 14.3. The van der Waals surface area contributed by atoms with Crippen LogP contribution in [0.1, 0.15) is 33.0 Å². The summed E-state index contributed by atoms with van der Waals surface area (Å²) >= 11 is 8.32. The summed E-state index contributed by atoms with van der Waals surface area (Å²) in [5, 5.41) is 5.13. The lowest BCUT2D eigenvalue weighted by atomic mass is 9.96. The first-order valence-corrected chi connectivity index (χ1v) is 12.0. The number of nitrogens with zero attached hydrogens (tertiary/aromatic N) is 1. The highest BCUT2D eigenvalue weighted by Crippen LogP contribution is 2.46. The molecule has 0 fully saturated rings. The standard InChI is InChI=1S/C20H15BrN2OS3/c21-16-10-9-15(25-16)18(24)23-20-17(11-5-1-3-7-13(11)26-20)19-22-12-6-2-4-8-14(12)27-19/h2,4,6,8-10H,1,3,5,7H2,(H,23,24). The van der Waals surface area contributed by atoms with Crippen molar-refractivity contribution >= 4 is 71.1 Å². The van der Waals surface area contributed by atoms with Crippen LogP contribution < -0.4 is 5.32 Å². The Hall–Kier alpha value is -1.54. The van der Waals surface area contributed by atoms with Gasteiger partial charge in [-0.2, -0.15) is 0 Å². The van der Waals surface area contributed by atoms with Gasteiger partial charge in [0, 0.05) is 10.4 Å². The van der Waals surface area contributed by atoms with Gasteiger partial charge in [-0.3, -0.25) is 4.79 Å². The van der Waals surface area contributed by atoms with Gasteiger partial charge >= 0.3 is 0 Å². The molecule has 3 aromatic heterocycles. The number of fused-ring (bicyclic) bond motifs is 2. The second kappa shape index (κ2) is 7.13. The molecule has 7 heteroatoms. The predicted molar refractivity (Wildman–Crippen MR) is 120 cm³/mol. The number of benzene rings is 1. The van der Waals surface area contributed by atoms with Gasteiger partial charge in [-0.05, 0) is 71.4 Å². The molecule has 1 amide bonds. The van der Waals surface area contributed by atoms with E-state index in [1.165, 1.54) is 39.3 Å². The van der Waals surface area contributed by atoms with Gasteiger partial charge in [0.2, 0.25) is 0 Å². The van der Waals surface area contributed by atoms with Gasteiger partial charge in [-0.15, -0.1) is 34.0 Å². The number of amides is 1. The second-order valence-electron chi connectivity index (χ2n) is 6.46. The van der Waals surface area contributed by atoms with E-state index in [9.17, 15) is 4.79 Å². The average Bonchev–Trinajstić information content (AvgIpc) is 3.36. The van der Waals surface area contributed by atoms with E-state index in [1.807, 2.05) is 24.3 Å². The van der Waals surface area contributed by atoms with Crippen molar-refractivity contribution in [3.63, 3.8) is 0 Å². The Morgan fingerprint density at radius 3 is 2.70 bits per heavy atom. The van der Waals surface area contributed by atoms with Crippen LogP contribution in [-0.4, -0.2) is 10.9 Å². The molecule has 1 aromatic carbocycles. The van der Waals surface area contributed by atoms with Crippen LogP contribution in [0.2, 0.25) is 0 Å². The summed E-state index contributed by atoms with van der Waals surface area (Å²) in [6.07, 6.45) is 4.58. The lowest BCUT2D eigenvalue weighted by Crippen LogP contribution is -2.09. The minimum atomic E-state index is -0.0494. The van der Waals surface area contributed by atoms with Crippen LogP contribution in [0.5, 0.6) is 0 Å². The molecule has 0 aliphatic heterocycles. The maximum absolute atomic E-state index is 12.8. The van der Waals surface area contributed by atoms with E-state index < -0.39 is 0 Å². The Labute approximate surface area is 177 Å². The highest BCUT2D eigenvalue weighted by Gasteiger charge is 2.25. The minimum Gasteiger partial charge on any atom is -0.312 e. The summed E-state index contributed by atoms with van der Waals surface area (Å²) in [5.74, 6) is -0.0494. The monoisotopic (exact) mass is 474 g/mol. The first-order chi connectivity index (χ1) is 13.2. The SMILES string of the molecule is O=C(Nc1sc2c(c1-c1nc3ccccc3s1)CCCC2)c1ccc(Br)s1. The Bertz CT molecular complexity index is 1120. The van der Waals surface area contributed by atoms with Crippen LogP contribution in [0.3, 0.4) is 0 Å². The lowest BCUT2D eigenvalue weighted by molar-refractivity contribution is 0.103. The Morgan fingerprint density at radius 1 is 1.04 bits per heavy atom. The molecule has 1 aliphatic carbocycles. The molecule has 0 atom stereocenters. The second-order valence-corrected chi connectivity index (χ2v) is 11.1. The van der Waals surface area contributed by atoms with Crippen molar-refractivity contribution in [2.45, 2.75) is 25.7 Å². The third-order valence-corrected chi connectivity index (χ3v) is 8.59. The summed E-state index contributed by atoms with van der Waals surface area (Å²) in [7, 11) is 0. The molecule has 3 heterocycles. The number of aryl methyl sites for hydroxylation is 1. The van der Waals surface area contributed by atoms with Crippen LogP contribution in [0.15, 0.2) is 40.2 Å². The minimum absolute atomic E-state index is 0.0494. The van der Waals surface area contributed by atoms with Crippen LogP contribution >= 0.6 is 49.9 Å². The summed E-state index contributed by atoms with van der Waals surface area (Å²) < 4.78 is 2.15. The number of thiophene rings is 2. The van der Waals surface area contributed by atoms with E-state index in [2.05, 4.69) is 33.4 Å². The van der Waals surface area contributed by atoms with E-state index in [0.717, 1.165) is 37.7 Å². The molecular weight excluding hydrogens is 460 g/mol. The fraction of sp³-hybridized carbons (Fsp3) is 0.200. The highest BCUT2D eigenvalue weighted by molar-refractivity contribution is 9.11. The molecule has 136 valence electrons. The maximum Gasteiger partial charge on any atom is 0.266 e. The van der Waals surface area contributed by atoms with Gasteiger partial charge in [0.15, 0.2) is 0 Å². The van der Waals surface area contributed by atoms with E-state index >= 15 is 0 Å². The van der Waals surface area contributed by atoms with E-state index in [-0.39, 0.29) is 5.91 Å². The third kappa shape index (κ3) is 3.27. The molecule has 0 saturated heterocycles. The zero-order valence-corrected chi connectivity index (χ0v) is 18.3. The zero-order chi connectivity index (χ0) is 18.4. The number of hydrogen-bond donors (Lipinski definition) is 1. The number of para-hydroxylation sites is 1. The van der Waals surface area contributed by atoms with Crippen molar-refractivity contribution in [3.05, 3.63) is 55.5 Å². The van der Waals surface area contributed by atoms with Crippen LogP contribution in [0, 0.1) is 0 Å². The fourth-order valence-electron chi connectivity index (χ4n) is 3.46. The number of nitrogens with one attached hydrogen (secondary N) is 1. The Morgan fingerprint density at radius 2 is 1.89 bits per heavy atom. The number of aromatic nitrogens is 1. The van der Waals surface area contributed by atoms with Gasteiger partial charge in [0.05, 0.1) is 18.9 Å². The van der Waals surface area contributed by atoms with Crippen molar-refractivity contribution in [2.75, 3.05) is 5.32 Å². The van der Waals surface area contributed by atoms with Crippen molar-refractivity contribution < 1.29 is 4.79 Å². The van der Waals surface area contributed by atoms with E-state index in [0.29, 0.717) is 4.88 Å². The van der Waals surface area contributed by atoms with Crippen LogP contribution in [-0.2, 0) is 12.8 Å². The maximum atomic E-state index is 12.8. The number of carbonyl (C=O) groups is 1. The molecule has 1 N–H and O–H groups in total. The number of carbonyl (C=O) groups excluding carboxylic acids is 1. The average molecular weight is 475 g/mol. The van der Waals surface area contributed by atoms with Gasteiger partial charge in [0.25, 0.3) is 5.91 Å².